The van der Waals surface area contributed by atoms with Gasteiger partial charge in [-0.05, 0) is 31.0 Å². The molecule has 3 rings (SSSR count). The molecular weight excluding hydrogens is 402 g/mol. The van der Waals surface area contributed by atoms with Gasteiger partial charge in [-0.25, -0.2) is 4.98 Å². The molecule has 0 saturated heterocycles. The van der Waals surface area contributed by atoms with Crippen LogP contribution in [0.2, 0.25) is 0 Å². The van der Waals surface area contributed by atoms with Gasteiger partial charge in [0.1, 0.15) is 9.88 Å². The van der Waals surface area contributed by atoms with Crippen LogP contribution < -0.4 is 20.3 Å². The lowest BCUT2D eigenvalue weighted by atomic mass is 10.1. The molecule has 156 valence electrons. The van der Waals surface area contributed by atoms with E-state index in [2.05, 4.69) is 15.8 Å². The highest BCUT2D eigenvalue weighted by molar-refractivity contribution is 7.17. The Bertz CT molecular complexity index is 1030. The fraction of sp³-hybridized carbons (Fsp3) is 0.227. The molecule has 0 spiro atoms. The van der Waals surface area contributed by atoms with Gasteiger partial charge in [-0.3, -0.25) is 20.4 Å². The van der Waals surface area contributed by atoms with Gasteiger partial charge in [-0.2, -0.15) is 0 Å². The average molecular weight is 426 g/mol. The van der Waals surface area contributed by atoms with E-state index in [-0.39, 0.29) is 18.2 Å². The third kappa shape index (κ3) is 5.15. The molecular formula is C22H23N3O4S. The van der Waals surface area contributed by atoms with Crippen molar-refractivity contribution in [3.8, 4) is 22.1 Å². The molecule has 2 N–H and O–H groups in total. The van der Waals surface area contributed by atoms with E-state index in [1.807, 2.05) is 42.5 Å². The predicted octanol–water partition coefficient (Wildman–Crippen LogP) is 3.53. The fourth-order valence-electron chi connectivity index (χ4n) is 2.85. The van der Waals surface area contributed by atoms with Crippen LogP contribution in [0.4, 0.5) is 0 Å². The van der Waals surface area contributed by atoms with E-state index in [0.29, 0.717) is 28.5 Å². The topological polar surface area (TPSA) is 89.6 Å². The summed E-state index contributed by atoms with van der Waals surface area (Å²) < 4.78 is 10.5. The minimum absolute atomic E-state index is 0.215. The Morgan fingerprint density at radius 2 is 1.73 bits per heavy atom. The Morgan fingerprint density at radius 3 is 2.43 bits per heavy atom. The quantitative estimate of drug-likeness (QED) is 0.565. The van der Waals surface area contributed by atoms with Crippen molar-refractivity contribution in [2.45, 2.75) is 19.8 Å². The van der Waals surface area contributed by atoms with E-state index >= 15 is 0 Å². The summed E-state index contributed by atoms with van der Waals surface area (Å²) in [5, 5.41) is 0.762. The van der Waals surface area contributed by atoms with E-state index in [1.165, 1.54) is 11.3 Å². The summed E-state index contributed by atoms with van der Waals surface area (Å²) >= 11 is 1.29. The number of hydrogen-bond donors (Lipinski definition) is 2. The summed E-state index contributed by atoms with van der Waals surface area (Å²) in [5.74, 6) is 0.571. The molecule has 0 aliphatic carbocycles. The van der Waals surface area contributed by atoms with Crippen molar-refractivity contribution >= 4 is 23.2 Å². The van der Waals surface area contributed by atoms with Gasteiger partial charge in [0.25, 0.3) is 5.91 Å². The van der Waals surface area contributed by atoms with Crippen LogP contribution in [0, 0.1) is 6.92 Å². The highest BCUT2D eigenvalue weighted by atomic mass is 32.1. The van der Waals surface area contributed by atoms with E-state index in [1.54, 1.807) is 27.2 Å². The smallest absolute Gasteiger partial charge is 0.281 e. The number of carbonyl (C=O) groups excluding carboxylic acids is 2. The number of amides is 2. The Hall–Kier alpha value is -3.39. The average Bonchev–Trinajstić information content (AvgIpc) is 3.18. The van der Waals surface area contributed by atoms with E-state index in [9.17, 15) is 9.59 Å². The van der Waals surface area contributed by atoms with Gasteiger partial charge in [0.05, 0.1) is 19.9 Å². The number of methoxy groups -OCH3 is 2. The molecule has 7 nitrogen and oxygen atoms in total. The first-order valence-electron chi connectivity index (χ1n) is 9.34. The van der Waals surface area contributed by atoms with E-state index < -0.39 is 0 Å². The summed E-state index contributed by atoms with van der Waals surface area (Å²) in [4.78, 5) is 29.5. The molecule has 2 amide bonds. The number of aryl methyl sites for hydroxylation is 2. The van der Waals surface area contributed by atoms with Crippen LogP contribution >= 0.6 is 11.3 Å². The highest BCUT2D eigenvalue weighted by Gasteiger charge is 2.17. The molecule has 3 aromatic rings. The van der Waals surface area contributed by atoms with Crippen molar-refractivity contribution in [1.82, 2.24) is 15.8 Å². The van der Waals surface area contributed by atoms with Crippen molar-refractivity contribution < 1.29 is 19.1 Å². The first-order valence-corrected chi connectivity index (χ1v) is 10.2. The molecule has 0 aliphatic rings. The largest absolute Gasteiger partial charge is 0.493 e. The first kappa shape index (κ1) is 21.3. The van der Waals surface area contributed by atoms with Crippen molar-refractivity contribution in [3.63, 3.8) is 0 Å². The third-order valence-corrected chi connectivity index (χ3v) is 5.63. The van der Waals surface area contributed by atoms with Gasteiger partial charge in [-0.1, -0.05) is 36.4 Å². The lowest BCUT2D eigenvalue weighted by Crippen LogP contribution is -2.41. The molecule has 30 heavy (non-hydrogen) atoms. The number of benzene rings is 2. The lowest BCUT2D eigenvalue weighted by Gasteiger charge is -2.10. The normalized spacial score (nSPS) is 10.4. The first-order chi connectivity index (χ1) is 14.5. The monoisotopic (exact) mass is 425 g/mol. The second-order valence-corrected chi connectivity index (χ2v) is 7.49. The van der Waals surface area contributed by atoms with Crippen molar-refractivity contribution in [2.24, 2.45) is 0 Å². The third-order valence-electron chi connectivity index (χ3n) is 4.43. The summed E-state index contributed by atoms with van der Waals surface area (Å²) in [6, 6.07) is 15.1. The van der Waals surface area contributed by atoms with Gasteiger partial charge < -0.3 is 9.47 Å². The maximum Gasteiger partial charge on any atom is 0.281 e. The SMILES string of the molecule is COc1ccc(CCC(=O)NNC(=O)c2sc(-c3ccccc3)nc2C)cc1OC. The Labute approximate surface area is 179 Å². The molecule has 2 aromatic carbocycles. The zero-order valence-electron chi connectivity index (χ0n) is 17.0. The maximum atomic E-state index is 12.5. The molecule has 0 radical (unpaired) electrons. The number of rotatable bonds is 7. The van der Waals surface area contributed by atoms with Gasteiger partial charge in [0, 0.05) is 12.0 Å². The molecule has 0 saturated carbocycles. The maximum absolute atomic E-state index is 12.5. The molecule has 0 atom stereocenters. The zero-order valence-corrected chi connectivity index (χ0v) is 17.8. The van der Waals surface area contributed by atoms with Crippen LogP contribution in [0.15, 0.2) is 48.5 Å². The number of nitrogens with zero attached hydrogens (tertiary/aromatic N) is 1. The number of ether oxygens (including phenoxy) is 2. The Balaban J connectivity index is 1.54. The van der Waals surface area contributed by atoms with Gasteiger partial charge >= 0.3 is 0 Å². The standard InChI is InChI=1S/C22H23N3O4S/c1-14-20(30-22(23-14)16-7-5-4-6-8-16)21(27)25-24-19(26)12-10-15-9-11-17(28-2)18(13-15)29-3/h4-9,11,13H,10,12H2,1-3H3,(H,24,26)(H,25,27). The number of nitrogens with one attached hydrogen (secondary N) is 2. The molecule has 8 heteroatoms. The Morgan fingerprint density at radius 1 is 1.00 bits per heavy atom. The van der Waals surface area contributed by atoms with Gasteiger partial charge in [-0.15, -0.1) is 11.3 Å². The number of carbonyl (C=O) groups is 2. The van der Waals surface area contributed by atoms with Crippen LogP contribution in [-0.4, -0.2) is 31.0 Å². The number of aromatic nitrogens is 1. The second-order valence-electron chi connectivity index (χ2n) is 6.49. The van der Waals surface area contributed by atoms with Gasteiger partial charge in [0.15, 0.2) is 11.5 Å². The summed E-state index contributed by atoms with van der Waals surface area (Å²) in [6.45, 7) is 1.77. The van der Waals surface area contributed by atoms with Crippen molar-refractivity contribution in [1.29, 1.82) is 0 Å². The highest BCUT2D eigenvalue weighted by Crippen LogP contribution is 2.28. The molecule has 0 aliphatic heterocycles. The number of thiazole rings is 1. The number of hydrazine groups is 1. The lowest BCUT2D eigenvalue weighted by molar-refractivity contribution is -0.121. The fourth-order valence-corrected chi connectivity index (χ4v) is 3.82. The number of hydrogen-bond acceptors (Lipinski definition) is 6. The van der Waals surface area contributed by atoms with Crippen LogP contribution in [-0.2, 0) is 11.2 Å². The van der Waals surface area contributed by atoms with Crippen LogP contribution in [0.3, 0.4) is 0 Å². The van der Waals surface area contributed by atoms with Crippen molar-refractivity contribution in [2.75, 3.05) is 14.2 Å². The minimum atomic E-state index is -0.383. The van der Waals surface area contributed by atoms with E-state index in [0.717, 1.165) is 16.1 Å². The molecule has 0 bridgehead atoms. The van der Waals surface area contributed by atoms with Crippen molar-refractivity contribution in [3.05, 3.63) is 64.7 Å². The van der Waals surface area contributed by atoms with Crippen LogP contribution in [0.25, 0.3) is 10.6 Å². The summed E-state index contributed by atoms with van der Waals surface area (Å²) in [7, 11) is 3.13. The molecule has 0 fully saturated rings. The predicted molar refractivity (Wildman–Crippen MR) is 116 cm³/mol. The minimum Gasteiger partial charge on any atom is -0.493 e. The Kier molecular flexibility index (Phi) is 7.03. The van der Waals surface area contributed by atoms with Crippen LogP contribution in [0.5, 0.6) is 11.5 Å². The summed E-state index contributed by atoms with van der Waals surface area (Å²) in [5.41, 5.74) is 7.43. The molecule has 0 unspecified atom stereocenters. The van der Waals surface area contributed by atoms with Gasteiger partial charge in [0.2, 0.25) is 5.91 Å². The van der Waals surface area contributed by atoms with Crippen LogP contribution in [0.1, 0.15) is 27.3 Å². The second kappa shape index (κ2) is 9.89. The van der Waals surface area contributed by atoms with E-state index in [4.69, 9.17) is 9.47 Å². The summed E-state index contributed by atoms with van der Waals surface area (Å²) in [6.07, 6.45) is 0.715. The zero-order chi connectivity index (χ0) is 21.5. The molecule has 1 heterocycles. The molecule has 1 aromatic heterocycles.